The quantitative estimate of drug-likeness (QED) is 0.765. The van der Waals surface area contributed by atoms with Crippen LogP contribution in [0.1, 0.15) is 51.4 Å². The lowest BCUT2D eigenvalue weighted by molar-refractivity contribution is -0.122. The fraction of sp³-hybridized carbons (Fsp3) is 0.923. The van der Waals surface area contributed by atoms with Crippen LogP contribution in [-0.4, -0.2) is 18.5 Å². The van der Waals surface area contributed by atoms with Crippen molar-refractivity contribution in [1.29, 1.82) is 0 Å². The summed E-state index contributed by atoms with van der Waals surface area (Å²) in [4.78, 5) is 11.9. The Morgan fingerprint density at radius 1 is 1.12 bits per heavy atom. The summed E-state index contributed by atoms with van der Waals surface area (Å²) in [5.41, 5.74) is 5.71. The number of nitrogens with one attached hydrogen (secondary N) is 1. The van der Waals surface area contributed by atoms with E-state index in [0.717, 1.165) is 12.8 Å². The van der Waals surface area contributed by atoms with E-state index in [2.05, 4.69) is 5.32 Å². The molecule has 0 aliphatic heterocycles. The standard InChI is InChI=1S/C13H24N2O/c14-9-11-6-3-7-12(11)15-13(16)8-10-4-1-2-5-10/h10-12H,1-9,14H2,(H,15,16). The molecule has 0 bridgehead atoms. The van der Waals surface area contributed by atoms with E-state index in [1.807, 2.05) is 0 Å². The van der Waals surface area contributed by atoms with Crippen LogP contribution in [0.25, 0.3) is 0 Å². The van der Waals surface area contributed by atoms with Crippen LogP contribution >= 0.6 is 0 Å². The molecule has 2 fully saturated rings. The molecule has 1 amide bonds. The third-order valence-electron chi connectivity index (χ3n) is 4.26. The molecule has 2 aliphatic carbocycles. The predicted molar refractivity (Wildman–Crippen MR) is 64.9 cm³/mol. The van der Waals surface area contributed by atoms with E-state index in [0.29, 0.717) is 24.4 Å². The summed E-state index contributed by atoms with van der Waals surface area (Å²) >= 11 is 0. The van der Waals surface area contributed by atoms with E-state index in [4.69, 9.17) is 5.73 Å². The zero-order chi connectivity index (χ0) is 11.4. The van der Waals surface area contributed by atoms with Gasteiger partial charge in [0.15, 0.2) is 0 Å². The summed E-state index contributed by atoms with van der Waals surface area (Å²) in [5.74, 6) is 1.43. The van der Waals surface area contributed by atoms with Crippen LogP contribution in [0.4, 0.5) is 0 Å². The highest BCUT2D eigenvalue weighted by atomic mass is 16.1. The highest BCUT2D eigenvalue weighted by Gasteiger charge is 2.28. The van der Waals surface area contributed by atoms with Crippen molar-refractivity contribution in [2.75, 3.05) is 6.54 Å². The van der Waals surface area contributed by atoms with Gasteiger partial charge in [0.05, 0.1) is 0 Å². The van der Waals surface area contributed by atoms with Crippen molar-refractivity contribution >= 4 is 5.91 Å². The second-order valence-electron chi connectivity index (χ2n) is 5.46. The van der Waals surface area contributed by atoms with E-state index < -0.39 is 0 Å². The summed E-state index contributed by atoms with van der Waals surface area (Å²) in [6.07, 6.45) is 9.39. The summed E-state index contributed by atoms with van der Waals surface area (Å²) in [6, 6.07) is 0.360. The van der Waals surface area contributed by atoms with Gasteiger partial charge in [-0.3, -0.25) is 4.79 Å². The Balaban J connectivity index is 1.73. The Kier molecular flexibility index (Phi) is 4.22. The lowest BCUT2D eigenvalue weighted by atomic mass is 10.0. The molecule has 2 rings (SSSR count). The van der Waals surface area contributed by atoms with E-state index in [-0.39, 0.29) is 5.91 Å². The minimum atomic E-state index is 0.261. The Bertz CT molecular complexity index is 236. The third kappa shape index (κ3) is 2.97. The fourth-order valence-corrected chi connectivity index (χ4v) is 3.25. The van der Waals surface area contributed by atoms with Gasteiger partial charge in [0, 0.05) is 12.5 Å². The van der Waals surface area contributed by atoms with Crippen molar-refractivity contribution < 1.29 is 4.79 Å². The average molecular weight is 224 g/mol. The zero-order valence-corrected chi connectivity index (χ0v) is 10.1. The van der Waals surface area contributed by atoms with Gasteiger partial charge in [-0.2, -0.15) is 0 Å². The Hall–Kier alpha value is -0.570. The molecular formula is C13H24N2O. The van der Waals surface area contributed by atoms with E-state index in [9.17, 15) is 4.79 Å². The molecule has 0 radical (unpaired) electrons. The summed E-state index contributed by atoms with van der Waals surface area (Å²) in [7, 11) is 0. The molecule has 0 aromatic rings. The molecule has 2 unspecified atom stereocenters. The normalized spacial score (nSPS) is 30.8. The molecule has 0 heterocycles. The molecule has 2 saturated carbocycles. The number of rotatable bonds is 4. The van der Waals surface area contributed by atoms with Gasteiger partial charge in [-0.1, -0.05) is 19.3 Å². The fourth-order valence-electron chi connectivity index (χ4n) is 3.25. The number of hydrogen-bond donors (Lipinski definition) is 2. The van der Waals surface area contributed by atoms with Crippen LogP contribution in [-0.2, 0) is 4.79 Å². The summed E-state index contributed by atoms with van der Waals surface area (Å²) < 4.78 is 0. The number of amides is 1. The molecule has 0 spiro atoms. The average Bonchev–Trinajstić information content (AvgIpc) is 2.88. The molecular weight excluding hydrogens is 200 g/mol. The maximum absolute atomic E-state index is 11.9. The molecule has 3 nitrogen and oxygen atoms in total. The number of carbonyl (C=O) groups excluding carboxylic acids is 1. The molecule has 0 saturated heterocycles. The highest BCUT2D eigenvalue weighted by molar-refractivity contribution is 5.76. The van der Waals surface area contributed by atoms with Crippen LogP contribution in [0.2, 0.25) is 0 Å². The van der Waals surface area contributed by atoms with Crippen molar-refractivity contribution in [3.05, 3.63) is 0 Å². The van der Waals surface area contributed by atoms with E-state index in [1.54, 1.807) is 0 Å². The third-order valence-corrected chi connectivity index (χ3v) is 4.26. The highest BCUT2D eigenvalue weighted by Crippen LogP contribution is 2.28. The topological polar surface area (TPSA) is 55.1 Å². The first-order chi connectivity index (χ1) is 7.79. The molecule has 16 heavy (non-hydrogen) atoms. The Morgan fingerprint density at radius 3 is 2.56 bits per heavy atom. The first-order valence-corrected chi connectivity index (χ1v) is 6.79. The predicted octanol–water partition coefficient (Wildman–Crippen LogP) is 1.81. The van der Waals surface area contributed by atoms with Crippen LogP contribution in [0.3, 0.4) is 0 Å². The molecule has 3 N–H and O–H groups in total. The van der Waals surface area contributed by atoms with E-state index in [1.165, 1.54) is 38.5 Å². The van der Waals surface area contributed by atoms with Gasteiger partial charge in [0.1, 0.15) is 0 Å². The van der Waals surface area contributed by atoms with Crippen molar-refractivity contribution in [2.24, 2.45) is 17.6 Å². The number of carbonyl (C=O) groups is 1. The van der Waals surface area contributed by atoms with Crippen LogP contribution in [0.5, 0.6) is 0 Å². The van der Waals surface area contributed by atoms with Gasteiger partial charge in [0.2, 0.25) is 5.91 Å². The largest absolute Gasteiger partial charge is 0.353 e. The van der Waals surface area contributed by atoms with Gasteiger partial charge < -0.3 is 11.1 Å². The lowest BCUT2D eigenvalue weighted by Crippen LogP contribution is -2.40. The minimum Gasteiger partial charge on any atom is -0.353 e. The molecule has 0 aromatic carbocycles. The number of hydrogen-bond acceptors (Lipinski definition) is 2. The maximum Gasteiger partial charge on any atom is 0.220 e. The van der Waals surface area contributed by atoms with Crippen LogP contribution < -0.4 is 11.1 Å². The molecule has 2 aliphatic rings. The van der Waals surface area contributed by atoms with Gasteiger partial charge in [-0.25, -0.2) is 0 Å². The first kappa shape index (κ1) is 11.9. The monoisotopic (exact) mass is 224 g/mol. The van der Waals surface area contributed by atoms with Gasteiger partial charge >= 0.3 is 0 Å². The zero-order valence-electron chi connectivity index (χ0n) is 10.1. The lowest BCUT2D eigenvalue weighted by Gasteiger charge is -2.20. The Labute approximate surface area is 98.2 Å². The first-order valence-electron chi connectivity index (χ1n) is 6.79. The van der Waals surface area contributed by atoms with Crippen LogP contribution in [0, 0.1) is 11.8 Å². The molecule has 92 valence electrons. The van der Waals surface area contributed by atoms with Gasteiger partial charge in [0.25, 0.3) is 0 Å². The van der Waals surface area contributed by atoms with Crippen molar-refractivity contribution in [3.63, 3.8) is 0 Å². The van der Waals surface area contributed by atoms with Gasteiger partial charge in [-0.05, 0) is 44.1 Å². The Morgan fingerprint density at radius 2 is 1.88 bits per heavy atom. The van der Waals surface area contributed by atoms with Gasteiger partial charge in [-0.15, -0.1) is 0 Å². The maximum atomic E-state index is 11.9. The minimum absolute atomic E-state index is 0.261. The van der Waals surface area contributed by atoms with Crippen molar-refractivity contribution in [2.45, 2.75) is 57.4 Å². The second-order valence-corrected chi connectivity index (χ2v) is 5.46. The number of nitrogens with two attached hydrogens (primary N) is 1. The molecule has 3 heteroatoms. The summed E-state index contributed by atoms with van der Waals surface area (Å²) in [6.45, 7) is 0.717. The molecule has 0 aromatic heterocycles. The summed E-state index contributed by atoms with van der Waals surface area (Å²) in [5, 5.41) is 3.19. The SMILES string of the molecule is NCC1CCCC1NC(=O)CC1CCCC1. The second kappa shape index (κ2) is 5.67. The van der Waals surface area contributed by atoms with E-state index >= 15 is 0 Å². The van der Waals surface area contributed by atoms with Crippen LogP contribution in [0.15, 0.2) is 0 Å². The van der Waals surface area contributed by atoms with Crippen molar-refractivity contribution in [1.82, 2.24) is 5.32 Å². The smallest absolute Gasteiger partial charge is 0.220 e. The van der Waals surface area contributed by atoms with Crippen molar-refractivity contribution in [3.8, 4) is 0 Å². The molecule has 2 atom stereocenters.